The third-order valence-corrected chi connectivity index (χ3v) is 2.42. The van der Waals surface area contributed by atoms with Crippen LogP contribution >= 0.6 is 12.4 Å². The van der Waals surface area contributed by atoms with Crippen LogP contribution < -0.4 is 11.5 Å². The maximum atomic E-state index is 5.90. The van der Waals surface area contributed by atoms with Gasteiger partial charge in [0.15, 0.2) is 0 Å². The molecule has 0 saturated heterocycles. The van der Waals surface area contributed by atoms with Gasteiger partial charge < -0.3 is 11.5 Å². The van der Waals surface area contributed by atoms with Gasteiger partial charge in [-0.25, -0.2) is 4.98 Å². The van der Waals surface area contributed by atoms with Gasteiger partial charge in [0, 0.05) is 11.7 Å². The van der Waals surface area contributed by atoms with Crippen molar-refractivity contribution in [3.8, 4) is 0 Å². The summed E-state index contributed by atoms with van der Waals surface area (Å²) in [6.07, 6.45) is 1.99. The quantitative estimate of drug-likeness (QED) is 0.663. The Balaban J connectivity index is 0.000000845. The Hall–Kier alpha value is -0.800. The number of fused-ring (bicyclic) bond motifs is 1. The molecule has 13 heavy (non-hydrogen) atoms. The van der Waals surface area contributed by atoms with Gasteiger partial charge in [0.25, 0.3) is 0 Å². The van der Waals surface area contributed by atoms with E-state index in [2.05, 4.69) is 4.98 Å². The molecule has 0 radical (unpaired) electrons. The number of aromatic nitrogens is 1. The smallest absolute Gasteiger partial charge is 0.127 e. The molecule has 72 valence electrons. The molecule has 1 aromatic rings. The first-order chi connectivity index (χ1) is 5.68. The Kier molecular flexibility index (Phi) is 2.78. The van der Waals surface area contributed by atoms with Crippen molar-refractivity contribution in [3.05, 3.63) is 22.9 Å². The van der Waals surface area contributed by atoms with E-state index in [1.54, 1.807) is 0 Å². The Morgan fingerprint density at radius 1 is 1.54 bits per heavy atom. The molecule has 1 heterocycles. The highest BCUT2D eigenvalue weighted by atomic mass is 35.5. The van der Waals surface area contributed by atoms with Crippen molar-refractivity contribution in [2.75, 3.05) is 5.73 Å². The summed E-state index contributed by atoms with van der Waals surface area (Å²) in [5.74, 6) is 0.665. The van der Waals surface area contributed by atoms with Gasteiger partial charge in [-0.15, -0.1) is 12.4 Å². The monoisotopic (exact) mass is 199 g/mol. The average molecular weight is 200 g/mol. The predicted octanol–water partition coefficient (Wildman–Crippen LogP) is 1.34. The molecule has 1 unspecified atom stereocenters. The third kappa shape index (κ3) is 1.62. The Morgan fingerprint density at radius 2 is 2.23 bits per heavy atom. The number of nitrogens with two attached hydrogens (primary N) is 2. The van der Waals surface area contributed by atoms with Crippen molar-refractivity contribution < 1.29 is 0 Å². The van der Waals surface area contributed by atoms with Crippen LogP contribution in [0.3, 0.4) is 0 Å². The minimum atomic E-state index is 0. The highest BCUT2D eigenvalue weighted by Crippen LogP contribution is 2.32. The zero-order valence-electron chi connectivity index (χ0n) is 7.58. The Morgan fingerprint density at radius 3 is 2.92 bits per heavy atom. The molecular weight excluding hydrogens is 186 g/mol. The standard InChI is InChI=1S/C9H13N3.ClH/c1-5-4-7-6(9(11)12-5)2-3-8(7)10;/h4,8H,2-3,10H2,1H3,(H2,11,12);1H. The van der Waals surface area contributed by atoms with Crippen molar-refractivity contribution in [2.24, 2.45) is 5.73 Å². The summed E-state index contributed by atoms with van der Waals surface area (Å²) in [7, 11) is 0. The second-order valence-corrected chi connectivity index (χ2v) is 3.36. The van der Waals surface area contributed by atoms with E-state index >= 15 is 0 Å². The van der Waals surface area contributed by atoms with Crippen molar-refractivity contribution in [2.45, 2.75) is 25.8 Å². The second-order valence-electron chi connectivity index (χ2n) is 3.36. The summed E-state index contributed by atoms with van der Waals surface area (Å²) in [4.78, 5) is 4.20. The Bertz CT molecular complexity index is 325. The fourth-order valence-corrected chi connectivity index (χ4v) is 1.81. The topological polar surface area (TPSA) is 64.9 Å². The molecule has 2 rings (SSSR count). The van der Waals surface area contributed by atoms with E-state index in [1.165, 1.54) is 5.56 Å². The van der Waals surface area contributed by atoms with Crippen molar-refractivity contribution in [3.63, 3.8) is 0 Å². The summed E-state index contributed by atoms with van der Waals surface area (Å²) in [5, 5.41) is 0. The van der Waals surface area contributed by atoms with E-state index in [9.17, 15) is 0 Å². The first-order valence-corrected chi connectivity index (χ1v) is 4.20. The lowest BCUT2D eigenvalue weighted by Gasteiger charge is -2.06. The van der Waals surface area contributed by atoms with Gasteiger partial charge in [0.2, 0.25) is 0 Å². The molecular formula is C9H14ClN3. The van der Waals surface area contributed by atoms with E-state index in [-0.39, 0.29) is 18.4 Å². The molecule has 4 heteroatoms. The molecule has 3 nitrogen and oxygen atoms in total. The van der Waals surface area contributed by atoms with Crippen LogP contribution in [0, 0.1) is 6.92 Å². The van der Waals surface area contributed by atoms with Crippen LogP contribution in [0.25, 0.3) is 0 Å². The van der Waals surface area contributed by atoms with Crippen LogP contribution in [0.15, 0.2) is 6.07 Å². The van der Waals surface area contributed by atoms with Crippen LogP contribution in [-0.4, -0.2) is 4.98 Å². The van der Waals surface area contributed by atoms with E-state index in [0.717, 1.165) is 24.1 Å². The summed E-state index contributed by atoms with van der Waals surface area (Å²) < 4.78 is 0. The number of nitrogens with zero attached hydrogens (tertiary/aromatic N) is 1. The highest BCUT2D eigenvalue weighted by Gasteiger charge is 2.21. The minimum absolute atomic E-state index is 0. The lowest BCUT2D eigenvalue weighted by atomic mass is 10.1. The van der Waals surface area contributed by atoms with E-state index < -0.39 is 0 Å². The SMILES string of the molecule is Cc1cc2c(c(N)n1)CCC2N.Cl. The van der Waals surface area contributed by atoms with E-state index in [1.807, 2.05) is 13.0 Å². The fourth-order valence-electron chi connectivity index (χ4n) is 1.81. The lowest BCUT2D eigenvalue weighted by molar-refractivity contribution is 0.713. The van der Waals surface area contributed by atoms with Crippen molar-refractivity contribution in [1.29, 1.82) is 0 Å². The molecule has 1 aromatic heterocycles. The number of halogens is 1. The lowest BCUT2D eigenvalue weighted by Crippen LogP contribution is -2.07. The first-order valence-electron chi connectivity index (χ1n) is 4.20. The molecule has 0 bridgehead atoms. The van der Waals surface area contributed by atoms with Crippen molar-refractivity contribution in [1.82, 2.24) is 4.98 Å². The normalized spacial score (nSPS) is 19.4. The molecule has 4 N–H and O–H groups in total. The molecule has 0 fully saturated rings. The van der Waals surface area contributed by atoms with Gasteiger partial charge in [-0.3, -0.25) is 0 Å². The third-order valence-electron chi connectivity index (χ3n) is 2.42. The van der Waals surface area contributed by atoms with Crippen LogP contribution in [0.4, 0.5) is 5.82 Å². The van der Waals surface area contributed by atoms with Crippen LogP contribution in [0.5, 0.6) is 0 Å². The number of nitrogen functional groups attached to an aromatic ring is 1. The fraction of sp³-hybridized carbons (Fsp3) is 0.444. The molecule has 0 spiro atoms. The molecule has 1 aliphatic rings. The molecule has 1 aliphatic carbocycles. The summed E-state index contributed by atoms with van der Waals surface area (Å²) >= 11 is 0. The number of aryl methyl sites for hydroxylation is 1. The van der Waals surface area contributed by atoms with Gasteiger partial charge in [0.05, 0.1) is 0 Å². The van der Waals surface area contributed by atoms with Gasteiger partial charge in [-0.05, 0) is 37.0 Å². The molecule has 0 aliphatic heterocycles. The zero-order chi connectivity index (χ0) is 8.72. The van der Waals surface area contributed by atoms with E-state index in [4.69, 9.17) is 11.5 Å². The maximum absolute atomic E-state index is 5.90. The van der Waals surface area contributed by atoms with Gasteiger partial charge in [0.1, 0.15) is 5.82 Å². The van der Waals surface area contributed by atoms with Gasteiger partial charge >= 0.3 is 0 Å². The van der Waals surface area contributed by atoms with E-state index in [0.29, 0.717) is 5.82 Å². The average Bonchev–Trinajstić information content (AvgIpc) is 2.33. The molecule has 0 amide bonds. The second kappa shape index (κ2) is 3.52. The zero-order valence-corrected chi connectivity index (χ0v) is 8.40. The molecule has 0 aromatic carbocycles. The van der Waals surface area contributed by atoms with Gasteiger partial charge in [-0.2, -0.15) is 0 Å². The van der Waals surface area contributed by atoms with Crippen LogP contribution in [0.1, 0.15) is 29.3 Å². The summed E-state index contributed by atoms with van der Waals surface area (Å²) in [5.41, 5.74) is 15.0. The number of pyridine rings is 1. The summed E-state index contributed by atoms with van der Waals surface area (Å²) in [6, 6.07) is 2.22. The predicted molar refractivity (Wildman–Crippen MR) is 55.9 cm³/mol. The number of anilines is 1. The molecule has 1 atom stereocenters. The van der Waals surface area contributed by atoms with Crippen molar-refractivity contribution >= 4 is 18.2 Å². The van der Waals surface area contributed by atoms with Crippen LogP contribution in [-0.2, 0) is 6.42 Å². The number of hydrogen-bond acceptors (Lipinski definition) is 3. The Labute approximate surface area is 83.9 Å². The largest absolute Gasteiger partial charge is 0.383 e. The van der Waals surface area contributed by atoms with Gasteiger partial charge in [-0.1, -0.05) is 0 Å². The minimum Gasteiger partial charge on any atom is -0.383 e. The van der Waals surface area contributed by atoms with Crippen LogP contribution in [0.2, 0.25) is 0 Å². The number of rotatable bonds is 0. The number of hydrogen-bond donors (Lipinski definition) is 2. The molecule has 0 saturated carbocycles. The first kappa shape index (κ1) is 10.3. The summed E-state index contributed by atoms with van der Waals surface area (Å²) in [6.45, 7) is 1.95. The highest BCUT2D eigenvalue weighted by molar-refractivity contribution is 5.85. The maximum Gasteiger partial charge on any atom is 0.127 e.